The zero-order valence-electron chi connectivity index (χ0n) is 9.69. The molecule has 5 heteroatoms. The molecule has 0 radical (unpaired) electrons. The maximum absolute atomic E-state index is 11.7. The van der Waals surface area contributed by atoms with Gasteiger partial charge in [0.1, 0.15) is 5.75 Å². The van der Waals surface area contributed by atoms with Crippen LogP contribution in [0.15, 0.2) is 18.2 Å². The minimum Gasteiger partial charge on any atom is -0.479 e. The minimum atomic E-state index is -0.553. The van der Waals surface area contributed by atoms with Crippen LogP contribution in [-0.4, -0.2) is 23.8 Å². The molecule has 2 unspecified atom stereocenters. The molecular weight excluding hydrogens is 220 g/mol. The highest BCUT2D eigenvalue weighted by atomic mass is 16.5. The number of carbonyl (C=O) groups is 2. The van der Waals surface area contributed by atoms with E-state index in [1.807, 2.05) is 0 Å². The fourth-order valence-electron chi connectivity index (χ4n) is 1.62. The second-order valence-electron chi connectivity index (χ2n) is 4.11. The van der Waals surface area contributed by atoms with Crippen LogP contribution in [0.2, 0.25) is 0 Å². The number of hydrogen-bond donors (Lipinski definition) is 2. The molecule has 3 N–H and O–H groups in total. The molecule has 0 spiro atoms. The first kappa shape index (κ1) is 11.6. The molecule has 5 nitrogen and oxygen atoms in total. The van der Waals surface area contributed by atoms with E-state index in [1.165, 1.54) is 0 Å². The molecule has 2 rings (SSSR count). The monoisotopic (exact) mass is 234 g/mol. The second kappa shape index (κ2) is 4.18. The third-order valence-electron chi connectivity index (χ3n) is 2.61. The number of nitrogens with one attached hydrogen (secondary N) is 1. The third kappa shape index (κ3) is 2.14. The summed E-state index contributed by atoms with van der Waals surface area (Å²) in [6, 6.07) is 4.33. The standard InChI is InChI=1S/C12H14N2O3/c1-6(13)11(15)8-3-4-9-10(5-8)17-7(2)12(16)14-9/h3-7H,13H2,1-2H3,(H,14,16). The average Bonchev–Trinajstić information content (AvgIpc) is 2.29. The Kier molecular flexibility index (Phi) is 2.85. The van der Waals surface area contributed by atoms with Gasteiger partial charge in [-0.2, -0.15) is 0 Å². The predicted octanol–water partition coefficient (Wildman–Crippen LogP) is 0.936. The van der Waals surface area contributed by atoms with Gasteiger partial charge in [-0.05, 0) is 32.0 Å². The van der Waals surface area contributed by atoms with Crippen molar-refractivity contribution < 1.29 is 14.3 Å². The lowest BCUT2D eigenvalue weighted by Crippen LogP contribution is -2.34. The van der Waals surface area contributed by atoms with E-state index in [4.69, 9.17) is 10.5 Å². The number of Topliss-reactive ketones (excluding diaryl/α,β-unsaturated/α-hetero) is 1. The largest absolute Gasteiger partial charge is 0.479 e. The van der Waals surface area contributed by atoms with Gasteiger partial charge in [-0.25, -0.2) is 0 Å². The molecule has 0 aromatic heterocycles. The van der Waals surface area contributed by atoms with Gasteiger partial charge in [0.2, 0.25) is 0 Å². The molecule has 0 fully saturated rings. The molecule has 90 valence electrons. The lowest BCUT2D eigenvalue weighted by molar-refractivity contribution is -0.122. The Morgan fingerprint density at radius 3 is 2.88 bits per heavy atom. The van der Waals surface area contributed by atoms with Gasteiger partial charge < -0.3 is 15.8 Å². The first-order valence-electron chi connectivity index (χ1n) is 5.40. The summed E-state index contributed by atoms with van der Waals surface area (Å²) in [5, 5.41) is 2.70. The molecule has 0 saturated carbocycles. The summed E-state index contributed by atoms with van der Waals surface area (Å²) in [4.78, 5) is 23.1. The van der Waals surface area contributed by atoms with Crippen molar-refractivity contribution in [1.29, 1.82) is 0 Å². The van der Waals surface area contributed by atoms with Gasteiger partial charge in [0.15, 0.2) is 11.9 Å². The zero-order valence-corrected chi connectivity index (χ0v) is 9.69. The van der Waals surface area contributed by atoms with Crippen molar-refractivity contribution in [2.24, 2.45) is 5.73 Å². The normalized spacial score (nSPS) is 19.9. The molecule has 2 atom stereocenters. The number of benzene rings is 1. The van der Waals surface area contributed by atoms with Gasteiger partial charge in [0, 0.05) is 5.56 Å². The molecule has 0 aliphatic carbocycles. The van der Waals surface area contributed by atoms with Gasteiger partial charge in [0.25, 0.3) is 5.91 Å². The highest BCUT2D eigenvalue weighted by Crippen LogP contribution is 2.30. The van der Waals surface area contributed by atoms with Crippen LogP contribution in [0.3, 0.4) is 0 Å². The number of hydrogen-bond acceptors (Lipinski definition) is 4. The van der Waals surface area contributed by atoms with E-state index in [2.05, 4.69) is 5.32 Å². The summed E-state index contributed by atoms with van der Waals surface area (Å²) < 4.78 is 5.41. The molecular formula is C12H14N2O3. The Balaban J connectivity index is 2.35. The Bertz CT molecular complexity index is 483. The van der Waals surface area contributed by atoms with Crippen molar-refractivity contribution in [3.05, 3.63) is 23.8 Å². The summed E-state index contributed by atoms with van der Waals surface area (Å²) in [7, 11) is 0. The van der Waals surface area contributed by atoms with Crippen LogP contribution < -0.4 is 15.8 Å². The van der Waals surface area contributed by atoms with Crippen molar-refractivity contribution in [2.75, 3.05) is 5.32 Å². The molecule has 1 aliphatic heterocycles. The van der Waals surface area contributed by atoms with Crippen LogP contribution >= 0.6 is 0 Å². The number of nitrogens with two attached hydrogens (primary N) is 1. The average molecular weight is 234 g/mol. The van der Waals surface area contributed by atoms with Crippen molar-refractivity contribution in [3.63, 3.8) is 0 Å². The summed E-state index contributed by atoms with van der Waals surface area (Å²) >= 11 is 0. The lowest BCUT2D eigenvalue weighted by atomic mass is 10.0. The van der Waals surface area contributed by atoms with Crippen molar-refractivity contribution >= 4 is 17.4 Å². The highest BCUT2D eigenvalue weighted by molar-refractivity contribution is 6.02. The van der Waals surface area contributed by atoms with Crippen LogP contribution in [0.4, 0.5) is 5.69 Å². The molecule has 0 saturated heterocycles. The molecule has 17 heavy (non-hydrogen) atoms. The summed E-state index contributed by atoms with van der Waals surface area (Å²) in [5.74, 6) is 0.160. The van der Waals surface area contributed by atoms with Gasteiger partial charge in [0.05, 0.1) is 11.7 Å². The number of rotatable bonds is 2. The quantitative estimate of drug-likeness (QED) is 0.746. The van der Waals surface area contributed by atoms with Gasteiger partial charge in [-0.3, -0.25) is 9.59 Å². The number of carbonyl (C=O) groups excluding carboxylic acids is 2. The smallest absolute Gasteiger partial charge is 0.265 e. The van der Waals surface area contributed by atoms with Crippen LogP contribution in [0.5, 0.6) is 5.75 Å². The Labute approximate surface area is 98.9 Å². The van der Waals surface area contributed by atoms with Crippen molar-refractivity contribution in [1.82, 2.24) is 0 Å². The highest BCUT2D eigenvalue weighted by Gasteiger charge is 2.24. The van der Waals surface area contributed by atoms with Crippen molar-refractivity contribution in [3.8, 4) is 5.75 Å². The number of anilines is 1. The van der Waals surface area contributed by atoms with E-state index in [0.717, 1.165) is 0 Å². The summed E-state index contributed by atoms with van der Waals surface area (Å²) in [6.45, 7) is 3.28. The van der Waals surface area contributed by atoms with E-state index in [0.29, 0.717) is 17.0 Å². The predicted molar refractivity (Wildman–Crippen MR) is 63.1 cm³/mol. The van der Waals surface area contributed by atoms with Crippen molar-refractivity contribution in [2.45, 2.75) is 26.0 Å². The van der Waals surface area contributed by atoms with Gasteiger partial charge in [-0.1, -0.05) is 0 Å². The summed E-state index contributed by atoms with van der Waals surface area (Å²) in [6.07, 6.45) is -0.553. The molecule has 1 amide bonds. The maximum atomic E-state index is 11.7. The summed E-state index contributed by atoms with van der Waals surface area (Å²) in [5.41, 5.74) is 6.60. The molecule has 1 aromatic carbocycles. The van der Waals surface area contributed by atoms with E-state index in [1.54, 1.807) is 32.0 Å². The zero-order chi connectivity index (χ0) is 12.6. The first-order valence-corrected chi connectivity index (χ1v) is 5.40. The SMILES string of the molecule is CC(N)C(=O)c1ccc2c(c1)OC(C)C(=O)N2. The van der Waals surface area contributed by atoms with Crippen LogP contribution in [0.1, 0.15) is 24.2 Å². The Morgan fingerprint density at radius 1 is 1.53 bits per heavy atom. The van der Waals surface area contributed by atoms with E-state index >= 15 is 0 Å². The number of ketones is 1. The lowest BCUT2D eigenvalue weighted by Gasteiger charge is -2.23. The molecule has 1 aliphatic rings. The molecule has 1 heterocycles. The molecule has 0 bridgehead atoms. The Morgan fingerprint density at radius 2 is 2.24 bits per heavy atom. The van der Waals surface area contributed by atoms with Crippen LogP contribution in [0, 0.1) is 0 Å². The minimum absolute atomic E-state index is 0.152. The van der Waals surface area contributed by atoms with Crippen LogP contribution in [0.25, 0.3) is 0 Å². The van der Waals surface area contributed by atoms with E-state index in [-0.39, 0.29) is 11.7 Å². The number of ether oxygens (including phenoxy) is 1. The van der Waals surface area contributed by atoms with Gasteiger partial charge >= 0.3 is 0 Å². The van der Waals surface area contributed by atoms with Gasteiger partial charge in [-0.15, -0.1) is 0 Å². The first-order chi connectivity index (χ1) is 7.99. The Hall–Kier alpha value is -1.88. The fourth-order valence-corrected chi connectivity index (χ4v) is 1.62. The molecule has 1 aromatic rings. The number of amides is 1. The fraction of sp³-hybridized carbons (Fsp3) is 0.333. The van der Waals surface area contributed by atoms with E-state index in [9.17, 15) is 9.59 Å². The van der Waals surface area contributed by atoms with Crippen LogP contribution in [-0.2, 0) is 4.79 Å². The van der Waals surface area contributed by atoms with E-state index < -0.39 is 12.1 Å². The number of fused-ring (bicyclic) bond motifs is 1. The third-order valence-corrected chi connectivity index (χ3v) is 2.61. The maximum Gasteiger partial charge on any atom is 0.265 e. The second-order valence-corrected chi connectivity index (χ2v) is 4.11. The topological polar surface area (TPSA) is 81.4 Å².